The van der Waals surface area contributed by atoms with E-state index >= 15 is 0 Å². The molecule has 0 aliphatic carbocycles. The van der Waals surface area contributed by atoms with Crippen LogP contribution in [0.5, 0.6) is 0 Å². The van der Waals surface area contributed by atoms with Crippen molar-refractivity contribution >= 4 is 11.4 Å². The van der Waals surface area contributed by atoms with E-state index in [1.807, 2.05) is 12.1 Å². The first kappa shape index (κ1) is 10.5. The van der Waals surface area contributed by atoms with Gasteiger partial charge in [-0.2, -0.15) is 10.5 Å². The van der Waals surface area contributed by atoms with Gasteiger partial charge in [0.1, 0.15) is 12.6 Å². The molecule has 6 heteroatoms. The molecule has 0 unspecified atom stereocenters. The Morgan fingerprint density at radius 3 is 2.73 bits per heavy atom. The van der Waals surface area contributed by atoms with E-state index < -0.39 is 4.92 Å². The first-order valence-corrected chi connectivity index (χ1v) is 3.98. The van der Waals surface area contributed by atoms with Crippen LogP contribution in [0.15, 0.2) is 18.2 Å². The normalized spacial score (nSPS) is 8.67. The van der Waals surface area contributed by atoms with E-state index in [-0.39, 0.29) is 17.8 Å². The number of nitriles is 2. The van der Waals surface area contributed by atoms with Gasteiger partial charge in [-0.3, -0.25) is 10.1 Å². The van der Waals surface area contributed by atoms with E-state index in [0.717, 1.165) is 0 Å². The van der Waals surface area contributed by atoms with E-state index in [9.17, 15) is 10.1 Å². The van der Waals surface area contributed by atoms with Crippen LogP contribution in [0.25, 0.3) is 0 Å². The standard InChI is InChI=1S/C9H6N4O2/c10-3-4-12-9-5-8(13(14)15)2-1-7(9)6-11/h1-2,5,12H,4H2. The lowest BCUT2D eigenvalue weighted by molar-refractivity contribution is -0.384. The van der Waals surface area contributed by atoms with Crippen molar-refractivity contribution in [3.8, 4) is 12.1 Å². The number of non-ortho nitro benzene ring substituents is 1. The SMILES string of the molecule is N#CCNc1cc([N+](=O)[O-])ccc1C#N. The van der Waals surface area contributed by atoms with Crippen molar-refractivity contribution in [3.05, 3.63) is 33.9 Å². The van der Waals surface area contributed by atoms with Gasteiger partial charge in [0, 0.05) is 12.1 Å². The zero-order valence-corrected chi connectivity index (χ0v) is 7.60. The van der Waals surface area contributed by atoms with Gasteiger partial charge in [-0.25, -0.2) is 0 Å². The summed E-state index contributed by atoms with van der Waals surface area (Å²) in [6, 6.07) is 7.53. The Morgan fingerprint density at radius 2 is 2.20 bits per heavy atom. The molecule has 0 spiro atoms. The Balaban J connectivity index is 3.10. The van der Waals surface area contributed by atoms with Crippen molar-refractivity contribution in [2.24, 2.45) is 0 Å². The number of nitro benzene ring substituents is 1. The fourth-order valence-electron chi connectivity index (χ4n) is 1.02. The molecule has 0 saturated heterocycles. The second-order valence-electron chi connectivity index (χ2n) is 2.61. The zero-order chi connectivity index (χ0) is 11.3. The highest BCUT2D eigenvalue weighted by Gasteiger charge is 2.09. The largest absolute Gasteiger partial charge is 0.371 e. The van der Waals surface area contributed by atoms with Crippen molar-refractivity contribution in [2.45, 2.75) is 0 Å². The third kappa shape index (κ3) is 2.42. The molecule has 0 amide bonds. The minimum atomic E-state index is -0.557. The van der Waals surface area contributed by atoms with E-state index in [0.29, 0.717) is 5.69 Å². The highest BCUT2D eigenvalue weighted by molar-refractivity contribution is 5.62. The second kappa shape index (κ2) is 4.58. The van der Waals surface area contributed by atoms with Gasteiger partial charge in [-0.05, 0) is 6.07 Å². The van der Waals surface area contributed by atoms with E-state index in [1.165, 1.54) is 18.2 Å². The molecule has 0 aliphatic heterocycles. The van der Waals surface area contributed by atoms with Crippen LogP contribution in [0, 0.1) is 32.8 Å². The van der Waals surface area contributed by atoms with Gasteiger partial charge in [-0.1, -0.05) is 0 Å². The average molecular weight is 202 g/mol. The van der Waals surface area contributed by atoms with Gasteiger partial charge in [-0.15, -0.1) is 0 Å². The number of hydrogen-bond acceptors (Lipinski definition) is 5. The molecule has 1 aromatic carbocycles. The number of nitro groups is 1. The van der Waals surface area contributed by atoms with Crippen LogP contribution in [0.3, 0.4) is 0 Å². The predicted molar refractivity (Wildman–Crippen MR) is 51.9 cm³/mol. The summed E-state index contributed by atoms with van der Waals surface area (Å²) >= 11 is 0. The Morgan fingerprint density at radius 1 is 1.47 bits per heavy atom. The molecule has 0 fully saturated rings. The average Bonchev–Trinajstić information content (AvgIpc) is 2.25. The fourth-order valence-corrected chi connectivity index (χ4v) is 1.02. The Bertz CT molecular complexity index is 470. The second-order valence-corrected chi connectivity index (χ2v) is 2.61. The molecule has 0 atom stereocenters. The molecule has 74 valence electrons. The summed E-state index contributed by atoms with van der Waals surface area (Å²) in [5.41, 5.74) is 0.457. The number of hydrogen-bond donors (Lipinski definition) is 1. The first-order valence-electron chi connectivity index (χ1n) is 3.98. The van der Waals surface area contributed by atoms with Gasteiger partial charge in [0.15, 0.2) is 0 Å². The fraction of sp³-hybridized carbons (Fsp3) is 0.111. The van der Waals surface area contributed by atoms with Gasteiger partial charge >= 0.3 is 0 Å². The predicted octanol–water partition coefficient (Wildman–Crippen LogP) is 1.40. The van der Waals surface area contributed by atoms with Crippen LogP contribution in [-0.4, -0.2) is 11.5 Å². The monoisotopic (exact) mass is 202 g/mol. The van der Waals surface area contributed by atoms with Crippen molar-refractivity contribution in [3.63, 3.8) is 0 Å². The van der Waals surface area contributed by atoms with Crippen LogP contribution in [0.4, 0.5) is 11.4 Å². The first-order chi connectivity index (χ1) is 7.19. The lowest BCUT2D eigenvalue weighted by Gasteiger charge is -2.03. The Hall–Kier alpha value is -2.60. The van der Waals surface area contributed by atoms with Crippen molar-refractivity contribution in [1.29, 1.82) is 10.5 Å². The molecule has 0 aliphatic rings. The molecule has 0 heterocycles. The molecular weight excluding hydrogens is 196 g/mol. The van der Waals surface area contributed by atoms with E-state index in [2.05, 4.69) is 5.32 Å². The third-order valence-corrected chi connectivity index (χ3v) is 1.69. The van der Waals surface area contributed by atoms with Crippen LogP contribution >= 0.6 is 0 Å². The molecule has 15 heavy (non-hydrogen) atoms. The summed E-state index contributed by atoms with van der Waals surface area (Å²) in [5.74, 6) is 0. The topological polar surface area (TPSA) is 103 Å². The van der Waals surface area contributed by atoms with Crippen LogP contribution in [-0.2, 0) is 0 Å². The molecular formula is C9H6N4O2. The summed E-state index contributed by atoms with van der Waals surface area (Å²) in [6.07, 6.45) is 0. The molecule has 0 bridgehead atoms. The van der Waals surface area contributed by atoms with E-state index in [4.69, 9.17) is 10.5 Å². The van der Waals surface area contributed by atoms with Crippen LogP contribution in [0.1, 0.15) is 5.56 Å². The number of benzene rings is 1. The minimum Gasteiger partial charge on any atom is -0.371 e. The molecule has 1 N–H and O–H groups in total. The lowest BCUT2D eigenvalue weighted by Crippen LogP contribution is -2.01. The molecule has 6 nitrogen and oxygen atoms in total. The Kier molecular flexibility index (Phi) is 3.20. The van der Waals surface area contributed by atoms with E-state index in [1.54, 1.807) is 0 Å². The highest BCUT2D eigenvalue weighted by Crippen LogP contribution is 2.21. The van der Waals surface area contributed by atoms with Gasteiger partial charge < -0.3 is 5.32 Å². The summed E-state index contributed by atoms with van der Waals surface area (Å²) in [6.45, 7) is -0.00412. The summed E-state index contributed by atoms with van der Waals surface area (Å²) in [7, 11) is 0. The van der Waals surface area contributed by atoms with Crippen LogP contribution in [0.2, 0.25) is 0 Å². The number of nitrogens with zero attached hydrogens (tertiary/aromatic N) is 3. The zero-order valence-electron chi connectivity index (χ0n) is 7.60. The highest BCUT2D eigenvalue weighted by atomic mass is 16.6. The Labute approximate surface area is 85.5 Å². The third-order valence-electron chi connectivity index (χ3n) is 1.69. The van der Waals surface area contributed by atoms with Gasteiger partial charge in [0.05, 0.1) is 22.2 Å². The smallest absolute Gasteiger partial charge is 0.271 e. The maximum atomic E-state index is 10.5. The summed E-state index contributed by atoms with van der Waals surface area (Å²) in [5, 5.41) is 30.1. The maximum absolute atomic E-state index is 10.5. The van der Waals surface area contributed by atoms with Crippen molar-refractivity contribution in [1.82, 2.24) is 0 Å². The molecule has 0 saturated carbocycles. The number of rotatable bonds is 3. The minimum absolute atomic E-state index is 0.00412. The lowest BCUT2D eigenvalue weighted by atomic mass is 10.2. The molecule has 0 radical (unpaired) electrons. The quantitative estimate of drug-likeness (QED) is 0.453. The van der Waals surface area contributed by atoms with Gasteiger partial charge in [0.25, 0.3) is 5.69 Å². The molecule has 1 aromatic rings. The van der Waals surface area contributed by atoms with Crippen molar-refractivity contribution < 1.29 is 4.92 Å². The maximum Gasteiger partial charge on any atom is 0.271 e. The number of nitrogens with one attached hydrogen (secondary N) is 1. The van der Waals surface area contributed by atoms with Gasteiger partial charge in [0.2, 0.25) is 0 Å². The van der Waals surface area contributed by atoms with Crippen molar-refractivity contribution in [2.75, 3.05) is 11.9 Å². The number of anilines is 1. The molecule has 1 rings (SSSR count). The molecule has 0 aromatic heterocycles. The summed E-state index contributed by atoms with van der Waals surface area (Å²) in [4.78, 5) is 9.90. The summed E-state index contributed by atoms with van der Waals surface area (Å²) < 4.78 is 0. The van der Waals surface area contributed by atoms with Crippen LogP contribution < -0.4 is 5.32 Å².